The first-order valence-electron chi connectivity index (χ1n) is 7.43. The first-order valence-corrected chi connectivity index (χ1v) is 9.19. The van der Waals surface area contributed by atoms with Crippen LogP contribution in [0.5, 0.6) is 0 Å². The monoisotopic (exact) mass is 372 g/mol. The zero-order valence-corrected chi connectivity index (χ0v) is 14.6. The van der Waals surface area contributed by atoms with Gasteiger partial charge in [0.1, 0.15) is 15.5 Å². The van der Waals surface area contributed by atoms with E-state index in [1.54, 1.807) is 42.8 Å². The first-order chi connectivity index (χ1) is 12.1. The third kappa shape index (κ3) is 2.90. The Kier molecular flexibility index (Phi) is 3.98. The minimum Gasteiger partial charge on any atom is -0.464 e. The lowest BCUT2D eigenvalue weighted by atomic mass is 10.2. The molecule has 0 aromatic carbocycles. The van der Waals surface area contributed by atoms with Gasteiger partial charge in [-0.2, -0.15) is 0 Å². The molecule has 4 aromatic heterocycles. The van der Waals surface area contributed by atoms with Gasteiger partial charge in [0, 0.05) is 10.9 Å². The molecule has 25 heavy (non-hydrogen) atoms. The summed E-state index contributed by atoms with van der Waals surface area (Å²) in [5.41, 5.74) is 0.417. The number of aromatic nitrogens is 2. The number of rotatable bonds is 4. The third-order valence-corrected chi connectivity index (χ3v) is 5.36. The van der Waals surface area contributed by atoms with Crippen molar-refractivity contribution < 1.29 is 13.9 Å². The van der Waals surface area contributed by atoms with Crippen LogP contribution in [0.4, 0.5) is 0 Å². The van der Waals surface area contributed by atoms with Crippen LogP contribution in [0.2, 0.25) is 0 Å². The van der Waals surface area contributed by atoms with Crippen LogP contribution in [-0.4, -0.2) is 15.9 Å². The van der Waals surface area contributed by atoms with E-state index in [0.29, 0.717) is 32.2 Å². The normalized spacial score (nSPS) is 12.4. The molecule has 0 spiro atoms. The summed E-state index contributed by atoms with van der Waals surface area (Å²) in [7, 11) is 0. The van der Waals surface area contributed by atoms with Crippen molar-refractivity contribution in [1.82, 2.24) is 9.97 Å². The largest absolute Gasteiger partial charge is 0.464 e. The Bertz CT molecular complexity index is 1080. The molecule has 0 fully saturated rings. The number of thiophene rings is 2. The Labute approximate surface area is 149 Å². The number of carbonyl (C=O) groups is 1. The second kappa shape index (κ2) is 6.30. The maximum absolute atomic E-state index is 12.5. The zero-order valence-electron chi connectivity index (χ0n) is 13.0. The van der Waals surface area contributed by atoms with Gasteiger partial charge in [-0.25, -0.2) is 9.78 Å². The molecule has 4 heterocycles. The van der Waals surface area contributed by atoms with Crippen LogP contribution in [0.15, 0.2) is 50.5 Å². The maximum Gasteiger partial charge on any atom is 0.349 e. The number of esters is 1. The van der Waals surface area contributed by atoms with Crippen LogP contribution in [-0.2, 0) is 4.74 Å². The Balaban J connectivity index is 1.67. The average Bonchev–Trinajstić information content (AvgIpc) is 3.34. The number of hydrogen-bond donors (Lipinski definition) is 1. The standard InChI is InChI=1S/C17H12N2O4S2/c1-9(23-17(21)12-5-3-7-24-12)14-18-15(20)13-10(8-25-16(13)19-14)11-4-2-6-22-11/h2-9H,1H3,(H,18,19,20)/t9-/m1/s1. The highest BCUT2D eigenvalue weighted by molar-refractivity contribution is 7.17. The van der Waals surface area contributed by atoms with Crippen LogP contribution in [0.3, 0.4) is 0 Å². The molecule has 4 aromatic rings. The van der Waals surface area contributed by atoms with Crippen LogP contribution in [0.25, 0.3) is 21.5 Å². The SMILES string of the molecule is C[C@@H](OC(=O)c1cccs1)c1nc2scc(-c3ccco3)c2c(=O)[nH]1. The Morgan fingerprint density at radius 1 is 1.32 bits per heavy atom. The molecule has 0 aliphatic carbocycles. The van der Waals surface area contributed by atoms with Gasteiger partial charge in [0.15, 0.2) is 11.9 Å². The van der Waals surface area contributed by atoms with Gasteiger partial charge in [-0.15, -0.1) is 22.7 Å². The Morgan fingerprint density at radius 2 is 2.20 bits per heavy atom. The molecule has 8 heteroatoms. The molecule has 0 unspecified atom stereocenters. The minimum atomic E-state index is -0.666. The summed E-state index contributed by atoms with van der Waals surface area (Å²) in [5, 5.41) is 4.10. The lowest BCUT2D eigenvalue weighted by molar-refractivity contribution is 0.0326. The topological polar surface area (TPSA) is 85.2 Å². The fourth-order valence-electron chi connectivity index (χ4n) is 2.44. The molecule has 0 amide bonds. The van der Waals surface area contributed by atoms with Crippen LogP contribution in [0, 0.1) is 0 Å². The van der Waals surface area contributed by atoms with E-state index in [1.807, 2.05) is 5.38 Å². The molecule has 0 bridgehead atoms. The Morgan fingerprint density at radius 3 is 2.92 bits per heavy atom. The second-order valence-corrected chi connectivity index (χ2v) is 7.09. The number of nitrogens with one attached hydrogen (secondary N) is 1. The van der Waals surface area contributed by atoms with E-state index in [4.69, 9.17) is 9.15 Å². The molecule has 0 aliphatic rings. The molecule has 0 radical (unpaired) electrons. The molecule has 1 N–H and O–H groups in total. The lowest BCUT2D eigenvalue weighted by Gasteiger charge is -2.11. The second-order valence-electron chi connectivity index (χ2n) is 5.28. The molecule has 4 rings (SSSR count). The smallest absolute Gasteiger partial charge is 0.349 e. The number of hydrogen-bond acceptors (Lipinski definition) is 7. The van der Waals surface area contributed by atoms with Gasteiger partial charge in [0.05, 0.1) is 11.6 Å². The van der Waals surface area contributed by atoms with Crippen molar-refractivity contribution in [3.05, 3.63) is 62.3 Å². The summed E-state index contributed by atoms with van der Waals surface area (Å²) < 4.78 is 10.8. The van der Waals surface area contributed by atoms with E-state index in [-0.39, 0.29) is 5.56 Å². The molecule has 1 atom stereocenters. The quantitative estimate of drug-likeness (QED) is 0.542. The number of ether oxygens (including phenoxy) is 1. The van der Waals surface area contributed by atoms with Gasteiger partial charge < -0.3 is 14.1 Å². The molecule has 0 saturated heterocycles. The van der Waals surface area contributed by atoms with Crippen LogP contribution < -0.4 is 5.56 Å². The summed E-state index contributed by atoms with van der Waals surface area (Å²) in [6, 6.07) is 7.02. The van der Waals surface area contributed by atoms with Crippen molar-refractivity contribution in [2.24, 2.45) is 0 Å². The first kappa shape index (κ1) is 15.8. The zero-order chi connectivity index (χ0) is 17.4. The highest BCUT2D eigenvalue weighted by atomic mass is 32.1. The van der Waals surface area contributed by atoms with E-state index >= 15 is 0 Å². The number of carbonyl (C=O) groups excluding carboxylic acids is 1. The summed E-state index contributed by atoms with van der Waals surface area (Å²) in [5.74, 6) is 0.492. The summed E-state index contributed by atoms with van der Waals surface area (Å²) in [4.78, 5) is 32.8. The van der Waals surface area contributed by atoms with Crippen molar-refractivity contribution in [2.45, 2.75) is 13.0 Å². The average molecular weight is 372 g/mol. The molecule has 126 valence electrons. The van der Waals surface area contributed by atoms with Gasteiger partial charge >= 0.3 is 5.97 Å². The third-order valence-electron chi connectivity index (χ3n) is 3.64. The lowest BCUT2D eigenvalue weighted by Crippen LogP contribution is -2.16. The number of nitrogens with zero attached hydrogens (tertiary/aromatic N) is 1. The van der Waals surface area contributed by atoms with E-state index < -0.39 is 12.1 Å². The summed E-state index contributed by atoms with van der Waals surface area (Å²) in [6.07, 6.45) is 0.891. The van der Waals surface area contributed by atoms with Crippen molar-refractivity contribution in [2.75, 3.05) is 0 Å². The molecule has 0 saturated carbocycles. The molecule has 0 aliphatic heterocycles. The number of H-pyrrole nitrogens is 1. The highest BCUT2D eigenvalue weighted by Crippen LogP contribution is 2.31. The molecular formula is C17H12N2O4S2. The highest BCUT2D eigenvalue weighted by Gasteiger charge is 2.20. The Hall–Kier alpha value is -2.71. The van der Waals surface area contributed by atoms with Crippen LogP contribution >= 0.6 is 22.7 Å². The molecular weight excluding hydrogens is 360 g/mol. The van der Waals surface area contributed by atoms with E-state index in [2.05, 4.69) is 9.97 Å². The van der Waals surface area contributed by atoms with Crippen molar-refractivity contribution >= 4 is 38.9 Å². The summed E-state index contributed by atoms with van der Waals surface area (Å²) in [6.45, 7) is 1.68. The predicted octanol–water partition coefficient (Wildman–Crippen LogP) is 4.22. The van der Waals surface area contributed by atoms with Crippen molar-refractivity contribution in [3.63, 3.8) is 0 Å². The van der Waals surface area contributed by atoms with E-state index in [1.165, 1.54) is 22.7 Å². The van der Waals surface area contributed by atoms with Gasteiger partial charge in [0.2, 0.25) is 0 Å². The van der Waals surface area contributed by atoms with Crippen molar-refractivity contribution in [3.8, 4) is 11.3 Å². The van der Waals surface area contributed by atoms with E-state index in [9.17, 15) is 9.59 Å². The fraction of sp³-hybridized carbons (Fsp3) is 0.118. The van der Waals surface area contributed by atoms with Gasteiger partial charge in [-0.05, 0) is 30.5 Å². The predicted molar refractivity (Wildman–Crippen MR) is 96.1 cm³/mol. The van der Waals surface area contributed by atoms with Crippen LogP contribution in [0.1, 0.15) is 28.5 Å². The number of fused-ring (bicyclic) bond motifs is 1. The van der Waals surface area contributed by atoms with E-state index in [0.717, 1.165) is 0 Å². The fourth-order valence-corrected chi connectivity index (χ4v) is 3.98. The maximum atomic E-state index is 12.5. The van der Waals surface area contributed by atoms with Crippen molar-refractivity contribution in [1.29, 1.82) is 0 Å². The van der Waals surface area contributed by atoms with Gasteiger partial charge in [-0.1, -0.05) is 6.07 Å². The minimum absolute atomic E-state index is 0.285. The number of furan rings is 1. The number of aromatic amines is 1. The van der Waals surface area contributed by atoms with Gasteiger partial charge in [-0.3, -0.25) is 4.79 Å². The van der Waals surface area contributed by atoms with Gasteiger partial charge in [0.25, 0.3) is 5.56 Å². The molecule has 6 nitrogen and oxygen atoms in total. The summed E-state index contributed by atoms with van der Waals surface area (Å²) >= 11 is 2.65.